The minimum absolute atomic E-state index is 0.589. The Balaban J connectivity index is 1.11. The first-order valence-corrected chi connectivity index (χ1v) is 15.4. The Labute approximate surface area is 270 Å². The quantitative estimate of drug-likeness (QED) is 0.195. The smallest absolute Gasteiger partial charge is 0.227 e. The summed E-state index contributed by atoms with van der Waals surface area (Å²) in [6.45, 7) is 0. The van der Waals surface area contributed by atoms with Crippen LogP contribution < -0.4 is 0 Å². The highest BCUT2D eigenvalue weighted by Gasteiger charge is 2.15. The molecule has 0 atom stereocenters. The van der Waals surface area contributed by atoms with Crippen LogP contribution in [0, 0.1) is 0 Å². The van der Waals surface area contributed by atoms with Crippen molar-refractivity contribution in [3.63, 3.8) is 0 Å². The van der Waals surface area contributed by atoms with Gasteiger partial charge in [-0.05, 0) is 47.5 Å². The van der Waals surface area contributed by atoms with Gasteiger partial charge in [-0.3, -0.25) is 0 Å². The van der Waals surface area contributed by atoms with Gasteiger partial charge < -0.3 is 4.42 Å². The lowest BCUT2D eigenvalue weighted by molar-refractivity contribution is 0.654. The van der Waals surface area contributed by atoms with Crippen molar-refractivity contribution in [2.75, 3.05) is 0 Å². The third-order valence-electron chi connectivity index (χ3n) is 8.47. The number of rotatable bonds is 5. The van der Waals surface area contributed by atoms with Gasteiger partial charge in [0, 0.05) is 38.2 Å². The van der Waals surface area contributed by atoms with Crippen molar-refractivity contribution in [1.29, 1.82) is 0 Å². The lowest BCUT2D eigenvalue weighted by Gasteiger charge is -2.11. The third-order valence-corrected chi connectivity index (χ3v) is 8.47. The van der Waals surface area contributed by atoms with Gasteiger partial charge in [0.25, 0.3) is 0 Å². The number of fused-ring (bicyclic) bond motifs is 4. The van der Waals surface area contributed by atoms with E-state index >= 15 is 0 Å². The first-order valence-electron chi connectivity index (χ1n) is 15.4. The number of hydrogen-bond acceptors (Lipinski definition) is 6. The summed E-state index contributed by atoms with van der Waals surface area (Å²) in [5.41, 5.74) is 9.76. The summed E-state index contributed by atoms with van der Waals surface area (Å²) in [5, 5.41) is 12.8. The number of furan rings is 1. The molecule has 0 aliphatic rings. The predicted octanol–water partition coefficient (Wildman–Crippen LogP) is 10.0. The zero-order valence-corrected chi connectivity index (χ0v) is 25.1. The van der Waals surface area contributed by atoms with E-state index in [1.54, 1.807) is 6.20 Å². The van der Waals surface area contributed by atoms with E-state index in [1.165, 1.54) is 0 Å². The summed E-state index contributed by atoms with van der Waals surface area (Å²) in [6.07, 6.45) is 1.80. The minimum atomic E-state index is 0.589. The van der Waals surface area contributed by atoms with Crippen LogP contribution in [0.1, 0.15) is 0 Å². The maximum Gasteiger partial charge on any atom is 0.227 e. The Kier molecular flexibility index (Phi) is 6.35. The van der Waals surface area contributed by atoms with Gasteiger partial charge in [-0.25, -0.2) is 15.0 Å². The van der Waals surface area contributed by atoms with Crippen molar-refractivity contribution in [3.05, 3.63) is 152 Å². The van der Waals surface area contributed by atoms with E-state index in [0.717, 1.165) is 72.0 Å². The molecular weight excluding hydrogens is 578 g/mol. The molecule has 4 heterocycles. The molecule has 47 heavy (non-hydrogen) atoms. The molecule has 6 heteroatoms. The van der Waals surface area contributed by atoms with E-state index in [1.807, 2.05) is 84.9 Å². The van der Waals surface area contributed by atoms with Crippen molar-refractivity contribution < 1.29 is 4.42 Å². The second-order valence-electron chi connectivity index (χ2n) is 11.4. The molecule has 4 aromatic heterocycles. The van der Waals surface area contributed by atoms with Crippen molar-refractivity contribution in [2.24, 2.45) is 0 Å². The van der Waals surface area contributed by atoms with Crippen molar-refractivity contribution >= 4 is 32.8 Å². The monoisotopic (exact) mass is 603 g/mol. The molecule has 9 aromatic rings. The molecule has 0 spiro atoms. The molecule has 5 aromatic carbocycles. The van der Waals surface area contributed by atoms with Crippen LogP contribution in [0.2, 0.25) is 0 Å². The summed E-state index contributed by atoms with van der Waals surface area (Å²) in [6, 6.07) is 49.2. The Morgan fingerprint density at radius 2 is 1.11 bits per heavy atom. The molecule has 9 rings (SSSR count). The zero-order chi connectivity index (χ0) is 31.2. The van der Waals surface area contributed by atoms with E-state index in [4.69, 9.17) is 19.4 Å². The number of benzene rings is 5. The summed E-state index contributed by atoms with van der Waals surface area (Å²) in [5.74, 6) is 0.693. The summed E-state index contributed by atoms with van der Waals surface area (Å²) in [4.78, 5) is 14.8. The predicted molar refractivity (Wildman–Crippen MR) is 187 cm³/mol. The molecule has 0 N–H and O–H groups in total. The number of para-hydroxylation sites is 1. The van der Waals surface area contributed by atoms with Crippen LogP contribution in [0.5, 0.6) is 0 Å². The lowest BCUT2D eigenvalue weighted by Crippen LogP contribution is -1.96. The number of nitrogens with zero attached hydrogens (tertiary/aromatic N) is 5. The highest BCUT2D eigenvalue weighted by atomic mass is 16.3. The number of aromatic nitrogens is 5. The van der Waals surface area contributed by atoms with Gasteiger partial charge in [-0.1, -0.05) is 109 Å². The molecule has 0 saturated carbocycles. The normalized spacial score (nSPS) is 11.4. The standard InChI is InChI=1S/C41H25N5O/c1-3-10-26(11-4-1)36-24-37(44-40(43-36)27-12-5-2-6-13-27)30-15-9-14-28(22-30)29-18-19-32-31(23-29)25-42-46-39(32)35-21-20-34-33-16-7-8-17-38(33)47-41(34)45-35/h1-25H. The van der Waals surface area contributed by atoms with Gasteiger partial charge in [-0.2, -0.15) is 5.10 Å². The largest absolute Gasteiger partial charge is 0.438 e. The van der Waals surface area contributed by atoms with E-state index in [-0.39, 0.29) is 0 Å². The number of hydrogen-bond donors (Lipinski definition) is 0. The Morgan fingerprint density at radius 1 is 0.426 bits per heavy atom. The average molecular weight is 604 g/mol. The van der Waals surface area contributed by atoms with Gasteiger partial charge in [0.15, 0.2) is 5.82 Å². The van der Waals surface area contributed by atoms with Crippen LogP contribution in [-0.4, -0.2) is 25.1 Å². The fourth-order valence-corrected chi connectivity index (χ4v) is 6.12. The van der Waals surface area contributed by atoms with E-state index in [0.29, 0.717) is 17.2 Å². The van der Waals surface area contributed by atoms with Crippen LogP contribution in [0.4, 0.5) is 0 Å². The van der Waals surface area contributed by atoms with Crippen LogP contribution >= 0.6 is 0 Å². The highest BCUT2D eigenvalue weighted by Crippen LogP contribution is 2.34. The summed E-state index contributed by atoms with van der Waals surface area (Å²) >= 11 is 0. The molecule has 0 radical (unpaired) electrons. The lowest BCUT2D eigenvalue weighted by atomic mass is 9.98. The second-order valence-corrected chi connectivity index (χ2v) is 11.4. The van der Waals surface area contributed by atoms with Gasteiger partial charge in [-0.15, -0.1) is 5.10 Å². The van der Waals surface area contributed by atoms with E-state index in [9.17, 15) is 0 Å². The molecule has 0 amide bonds. The van der Waals surface area contributed by atoms with Crippen LogP contribution in [-0.2, 0) is 0 Å². The fraction of sp³-hybridized carbons (Fsp3) is 0. The van der Waals surface area contributed by atoms with Gasteiger partial charge in [0.1, 0.15) is 11.3 Å². The second kappa shape index (κ2) is 11.1. The molecule has 0 unspecified atom stereocenters. The maximum atomic E-state index is 6.05. The first kappa shape index (κ1) is 26.8. The Morgan fingerprint density at radius 3 is 1.96 bits per heavy atom. The third kappa shape index (κ3) is 4.89. The van der Waals surface area contributed by atoms with Crippen molar-refractivity contribution in [3.8, 4) is 56.4 Å². The minimum Gasteiger partial charge on any atom is -0.438 e. The summed E-state index contributed by atoms with van der Waals surface area (Å²) in [7, 11) is 0. The molecule has 0 aliphatic carbocycles. The molecule has 0 aliphatic heterocycles. The van der Waals surface area contributed by atoms with Crippen LogP contribution in [0.25, 0.3) is 89.3 Å². The zero-order valence-electron chi connectivity index (χ0n) is 25.1. The molecule has 220 valence electrons. The summed E-state index contributed by atoms with van der Waals surface area (Å²) < 4.78 is 6.05. The average Bonchev–Trinajstić information content (AvgIpc) is 3.53. The topological polar surface area (TPSA) is 77.6 Å². The Bertz CT molecular complexity index is 2520. The van der Waals surface area contributed by atoms with Crippen LogP contribution in [0.3, 0.4) is 0 Å². The molecular formula is C41H25N5O. The van der Waals surface area contributed by atoms with E-state index < -0.39 is 0 Å². The maximum absolute atomic E-state index is 6.05. The highest BCUT2D eigenvalue weighted by molar-refractivity contribution is 6.04. The number of pyridine rings is 1. The van der Waals surface area contributed by atoms with Gasteiger partial charge in [0.05, 0.1) is 23.3 Å². The molecule has 0 saturated heterocycles. The SMILES string of the molecule is c1ccc(-c2cc(-c3cccc(-c4ccc5c(-c6ccc7c(n6)oc6ccccc67)nncc5c4)c3)nc(-c3ccccc3)n2)cc1. The van der Waals surface area contributed by atoms with Gasteiger partial charge in [0.2, 0.25) is 5.71 Å². The Hall–Kier alpha value is -6.53. The van der Waals surface area contributed by atoms with E-state index in [2.05, 4.69) is 70.9 Å². The fourth-order valence-electron chi connectivity index (χ4n) is 6.12. The first-order chi connectivity index (χ1) is 23.3. The molecule has 0 bridgehead atoms. The van der Waals surface area contributed by atoms with Gasteiger partial charge >= 0.3 is 0 Å². The molecule has 0 fully saturated rings. The van der Waals surface area contributed by atoms with Crippen molar-refractivity contribution in [1.82, 2.24) is 25.1 Å². The van der Waals surface area contributed by atoms with Crippen molar-refractivity contribution in [2.45, 2.75) is 0 Å². The molecule has 6 nitrogen and oxygen atoms in total. The van der Waals surface area contributed by atoms with Crippen LogP contribution in [0.15, 0.2) is 156 Å².